The minimum absolute atomic E-state index is 0.214. The van der Waals surface area contributed by atoms with Gasteiger partial charge in [0.2, 0.25) is 0 Å². The molecule has 3 nitrogen and oxygen atoms in total. The maximum absolute atomic E-state index is 13.1. The van der Waals surface area contributed by atoms with E-state index in [0.717, 1.165) is 4.47 Å². The van der Waals surface area contributed by atoms with Crippen LogP contribution in [0.25, 0.3) is 22.2 Å². The minimum Gasteiger partial charge on any atom is -0.478 e. The molecule has 3 aromatic rings. The van der Waals surface area contributed by atoms with Crippen LogP contribution in [-0.4, -0.2) is 16.1 Å². The second kappa shape index (κ2) is 5.50. The predicted molar refractivity (Wildman–Crippen MR) is 86.5 cm³/mol. The Kier molecular flexibility index (Phi) is 3.66. The van der Waals surface area contributed by atoms with Gasteiger partial charge in [0.05, 0.1) is 16.8 Å². The van der Waals surface area contributed by atoms with Gasteiger partial charge in [0.25, 0.3) is 0 Å². The van der Waals surface area contributed by atoms with E-state index >= 15 is 0 Å². The summed E-state index contributed by atoms with van der Waals surface area (Å²) in [5.41, 5.74) is 2.60. The van der Waals surface area contributed by atoms with Crippen molar-refractivity contribution in [3.05, 3.63) is 63.9 Å². The van der Waals surface area contributed by atoms with Gasteiger partial charge < -0.3 is 5.11 Å². The zero-order valence-corrected chi connectivity index (χ0v) is 13.2. The van der Waals surface area contributed by atoms with Gasteiger partial charge in [-0.15, -0.1) is 0 Å². The van der Waals surface area contributed by atoms with E-state index in [2.05, 4.69) is 20.9 Å². The van der Waals surface area contributed by atoms with E-state index in [9.17, 15) is 14.3 Å². The molecule has 110 valence electrons. The lowest BCUT2D eigenvalue weighted by atomic mass is 9.98. The first kappa shape index (κ1) is 14.7. The summed E-state index contributed by atoms with van der Waals surface area (Å²) in [7, 11) is 0. The first-order valence-electron chi connectivity index (χ1n) is 6.56. The van der Waals surface area contributed by atoms with Crippen molar-refractivity contribution in [3.8, 4) is 11.3 Å². The number of benzene rings is 2. The monoisotopic (exact) mass is 359 g/mol. The molecule has 3 rings (SSSR count). The van der Waals surface area contributed by atoms with E-state index in [4.69, 9.17) is 0 Å². The van der Waals surface area contributed by atoms with Crippen LogP contribution >= 0.6 is 15.9 Å². The molecule has 0 atom stereocenters. The van der Waals surface area contributed by atoms with Crippen molar-refractivity contribution in [3.63, 3.8) is 0 Å². The smallest absolute Gasteiger partial charge is 0.336 e. The molecule has 0 amide bonds. The number of pyridine rings is 1. The van der Waals surface area contributed by atoms with Gasteiger partial charge in [-0.3, -0.25) is 0 Å². The van der Waals surface area contributed by atoms with Gasteiger partial charge >= 0.3 is 5.97 Å². The van der Waals surface area contributed by atoms with E-state index < -0.39 is 5.97 Å². The lowest BCUT2D eigenvalue weighted by Gasteiger charge is -2.12. The molecule has 0 radical (unpaired) electrons. The van der Waals surface area contributed by atoms with Crippen LogP contribution in [0.1, 0.15) is 15.9 Å². The number of hydrogen-bond donors (Lipinski definition) is 1. The molecule has 22 heavy (non-hydrogen) atoms. The Morgan fingerprint density at radius 2 is 1.86 bits per heavy atom. The highest BCUT2D eigenvalue weighted by atomic mass is 79.9. The van der Waals surface area contributed by atoms with Crippen LogP contribution in [0.3, 0.4) is 0 Å². The Labute approximate surface area is 134 Å². The van der Waals surface area contributed by atoms with E-state index in [1.807, 2.05) is 6.07 Å². The maximum Gasteiger partial charge on any atom is 0.336 e. The molecular formula is C17H11BrFNO2. The topological polar surface area (TPSA) is 50.2 Å². The van der Waals surface area contributed by atoms with Crippen molar-refractivity contribution in [2.45, 2.75) is 6.92 Å². The van der Waals surface area contributed by atoms with Gasteiger partial charge in [0.1, 0.15) is 5.82 Å². The molecule has 0 saturated heterocycles. The number of carboxylic acids is 1. The largest absolute Gasteiger partial charge is 0.478 e. The molecular weight excluding hydrogens is 349 g/mol. The summed E-state index contributed by atoms with van der Waals surface area (Å²) in [5.74, 6) is -1.35. The Morgan fingerprint density at radius 3 is 2.50 bits per heavy atom. The summed E-state index contributed by atoms with van der Waals surface area (Å²) < 4.78 is 13.9. The quantitative estimate of drug-likeness (QED) is 0.714. The fourth-order valence-electron chi connectivity index (χ4n) is 2.50. The molecule has 0 saturated carbocycles. The minimum atomic E-state index is -1.01. The van der Waals surface area contributed by atoms with Crippen molar-refractivity contribution < 1.29 is 14.3 Å². The number of nitrogens with zero attached hydrogens (tertiary/aromatic N) is 1. The highest BCUT2D eigenvalue weighted by Gasteiger charge is 2.18. The van der Waals surface area contributed by atoms with Crippen LogP contribution in [0.2, 0.25) is 0 Å². The van der Waals surface area contributed by atoms with E-state index in [1.54, 1.807) is 31.2 Å². The number of carbonyl (C=O) groups is 1. The Hall–Kier alpha value is -2.27. The Balaban J connectivity index is 2.37. The van der Waals surface area contributed by atoms with E-state index in [1.165, 1.54) is 12.1 Å². The number of carboxylic acid groups (broad SMARTS) is 1. The molecule has 5 heteroatoms. The number of aromatic carboxylic acids is 1. The molecule has 0 fully saturated rings. The zero-order chi connectivity index (χ0) is 15.9. The van der Waals surface area contributed by atoms with Crippen molar-refractivity contribution in [2.75, 3.05) is 0 Å². The highest BCUT2D eigenvalue weighted by molar-refractivity contribution is 9.10. The predicted octanol–water partition coefficient (Wildman–Crippen LogP) is 4.81. The van der Waals surface area contributed by atoms with Crippen molar-refractivity contribution in [2.24, 2.45) is 0 Å². The van der Waals surface area contributed by atoms with Crippen molar-refractivity contribution in [1.29, 1.82) is 0 Å². The van der Waals surface area contributed by atoms with E-state index in [-0.39, 0.29) is 11.4 Å². The molecule has 1 heterocycles. The summed E-state index contributed by atoms with van der Waals surface area (Å²) in [4.78, 5) is 16.2. The Morgan fingerprint density at radius 1 is 1.18 bits per heavy atom. The second-order valence-corrected chi connectivity index (χ2v) is 5.85. The van der Waals surface area contributed by atoms with Crippen LogP contribution in [0.15, 0.2) is 46.9 Å². The average Bonchev–Trinajstić information content (AvgIpc) is 2.47. The fourth-order valence-corrected chi connectivity index (χ4v) is 2.86. The average molecular weight is 360 g/mol. The van der Waals surface area contributed by atoms with Gasteiger partial charge in [-0.05, 0) is 55.0 Å². The van der Waals surface area contributed by atoms with Gasteiger partial charge in [0.15, 0.2) is 0 Å². The molecule has 0 aliphatic carbocycles. The van der Waals surface area contributed by atoms with Gasteiger partial charge in [-0.25, -0.2) is 14.2 Å². The molecule has 0 unspecified atom stereocenters. The summed E-state index contributed by atoms with van der Waals surface area (Å²) in [6, 6.07) is 11.2. The fraction of sp³-hybridized carbons (Fsp3) is 0.0588. The summed E-state index contributed by atoms with van der Waals surface area (Å²) in [6.07, 6.45) is 0. The summed E-state index contributed by atoms with van der Waals surface area (Å²) in [5, 5.41) is 10.1. The Bertz CT molecular complexity index is 891. The van der Waals surface area contributed by atoms with Crippen molar-refractivity contribution in [1.82, 2.24) is 4.98 Å². The molecule has 0 bridgehead atoms. The summed E-state index contributed by atoms with van der Waals surface area (Å²) >= 11 is 3.35. The third-order valence-electron chi connectivity index (χ3n) is 3.52. The second-order valence-electron chi connectivity index (χ2n) is 4.93. The number of aromatic nitrogens is 1. The highest BCUT2D eigenvalue weighted by Crippen LogP contribution is 2.31. The first-order chi connectivity index (χ1) is 10.5. The standard InChI is InChI=1S/C17H11BrFNO2/c1-9-15(17(21)22)13-8-11(18)4-7-14(13)20-16(9)10-2-5-12(19)6-3-10/h2-8H,1H3,(H,21,22). The SMILES string of the molecule is Cc1c(-c2ccc(F)cc2)nc2ccc(Br)cc2c1C(=O)O. The third-order valence-corrected chi connectivity index (χ3v) is 4.02. The number of halogens is 2. The molecule has 1 aromatic heterocycles. The molecule has 2 aromatic carbocycles. The van der Waals surface area contributed by atoms with Crippen LogP contribution in [0.5, 0.6) is 0 Å². The van der Waals surface area contributed by atoms with Gasteiger partial charge in [-0.1, -0.05) is 15.9 Å². The molecule has 0 aliphatic rings. The molecule has 0 spiro atoms. The lowest BCUT2D eigenvalue weighted by molar-refractivity contribution is 0.0698. The van der Waals surface area contributed by atoms with E-state index in [0.29, 0.717) is 27.7 Å². The summed E-state index contributed by atoms with van der Waals surface area (Å²) in [6.45, 7) is 1.72. The van der Waals surface area contributed by atoms with Gasteiger partial charge in [0, 0.05) is 15.4 Å². The van der Waals surface area contributed by atoms with Crippen LogP contribution in [-0.2, 0) is 0 Å². The normalized spacial score (nSPS) is 10.9. The molecule has 1 N–H and O–H groups in total. The number of fused-ring (bicyclic) bond motifs is 1. The lowest BCUT2D eigenvalue weighted by Crippen LogP contribution is -2.05. The number of hydrogen-bond acceptors (Lipinski definition) is 2. The first-order valence-corrected chi connectivity index (χ1v) is 7.36. The van der Waals surface area contributed by atoms with Crippen LogP contribution in [0, 0.1) is 12.7 Å². The molecule has 0 aliphatic heterocycles. The zero-order valence-electron chi connectivity index (χ0n) is 11.6. The van der Waals surface area contributed by atoms with Crippen molar-refractivity contribution >= 4 is 32.8 Å². The van der Waals surface area contributed by atoms with Gasteiger partial charge in [-0.2, -0.15) is 0 Å². The van der Waals surface area contributed by atoms with Crippen LogP contribution in [0.4, 0.5) is 4.39 Å². The number of rotatable bonds is 2. The maximum atomic E-state index is 13.1. The van der Waals surface area contributed by atoms with Crippen LogP contribution < -0.4 is 0 Å². The third kappa shape index (κ3) is 2.48.